The van der Waals surface area contributed by atoms with Crippen molar-refractivity contribution in [2.45, 2.75) is 100 Å². The minimum absolute atomic E-state index is 0.142. The molecule has 0 saturated carbocycles. The molecule has 0 radical (unpaired) electrons. The molecule has 1 heterocycles. The molecule has 1 aliphatic heterocycles. The summed E-state index contributed by atoms with van der Waals surface area (Å²) in [6, 6.07) is 29.1. The fraction of sp³-hybridized carbons (Fsp3) is 0.333. The van der Waals surface area contributed by atoms with E-state index in [2.05, 4.69) is 175 Å². The normalized spacial score (nSPS) is 30.2. The Morgan fingerprint density at radius 1 is 0.736 bits per heavy atom. The molecule has 10 rings (SSSR count). The molecular formula is C51H52N2. The van der Waals surface area contributed by atoms with Crippen molar-refractivity contribution in [2.24, 2.45) is 5.92 Å². The van der Waals surface area contributed by atoms with Crippen molar-refractivity contribution in [1.29, 1.82) is 0 Å². The van der Waals surface area contributed by atoms with Crippen LogP contribution in [0.1, 0.15) is 104 Å². The Morgan fingerprint density at radius 2 is 1.58 bits per heavy atom. The number of rotatable bonds is 6. The average molecular weight is 693 g/mol. The van der Waals surface area contributed by atoms with E-state index in [4.69, 9.17) is 0 Å². The Bertz CT molecular complexity index is 2150. The molecule has 266 valence electrons. The van der Waals surface area contributed by atoms with Crippen molar-refractivity contribution < 1.29 is 0 Å². The first-order valence-electron chi connectivity index (χ1n) is 20.4. The lowest BCUT2D eigenvalue weighted by atomic mass is 9.71. The number of hydrogen-bond acceptors (Lipinski definition) is 2. The molecular weight excluding hydrogens is 641 g/mol. The standard InChI is InChI=1S/C51H52N2/c1-51(2)47-19-11-9-17-43(47)44-31-30-42(34-48(44)51)52(40-26-21-36(22-27-40)35-13-5-3-6-14-35)41-28-23-37(24-29-41)38-25-32-50-46(33-38)45-18-10-12-20-49(45)53(50)39-15-7-4-8-16-39/h3-15,17-20,23,25-26,28-29,31-33,36-37,39,42,45,48-49H,16,21-22,24,27,30,34H2,1-2H3. The fourth-order valence-corrected chi connectivity index (χ4v) is 11.1. The van der Waals surface area contributed by atoms with Gasteiger partial charge < -0.3 is 9.80 Å². The van der Waals surface area contributed by atoms with Gasteiger partial charge in [0.1, 0.15) is 0 Å². The molecule has 0 fully saturated rings. The Kier molecular flexibility index (Phi) is 8.19. The predicted octanol–water partition coefficient (Wildman–Crippen LogP) is 12.2. The van der Waals surface area contributed by atoms with Gasteiger partial charge in [-0.1, -0.05) is 153 Å². The van der Waals surface area contributed by atoms with Crippen LogP contribution < -0.4 is 4.90 Å². The summed E-state index contributed by atoms with van der Waals surface area (Å²) < 4.78 is 0. The van der Waals surface area contributed by atoms with E-state index in [0.717, 1.165) is 32.1 Å². The number of hydrogen-bond donors (Lipinski definition) is 0. The van der Waals surface area contributed by atoms with Crippen LogP contribution in [0.4, 0.5) is 5.69 Å². The van der Waals surface area contributed by atoms with Crippen LogP contribution in [-0.4, -0.2) is 23.0 Å². The van der Waals surface area contributed by atoms with Crippen molar-refractivity contribution >= 4 is 11.3 Å². The van der Waals surface area contributed by atoms with E-state index in [-0.39, 0.29) is 5.41 Å². The fourth-order valence-electron chi connectivity index (χ4n) is 11.1. The second-order valence-corrected chi connectivity index (χ2v) is 17.0. The van der Waals surface area contributed by atoms with Crippen LogP contribution in [0.25, 0.3) is 5.57 Å². The smallest absolute Gasteiger partial charge is 0.0586 e. The molecule has 7 unspecified atom stereocenters. The quantitative estimate of drug-likeness (QED) is 0.254. The second-order valence-electron chi connectivity index (χ2n) is 17.0. The van der Waals surface area contributed by atoms with Crippen LogP contribution in [0.5, 0.6) is 0 Å². The van der Waals surface area contributed by atoms with E-state index in [1.807, 2.05) is 0 Å². The number of allylic oxidation sites excluding steroid dienone is 10. The lowest BCUT2D eigenvalue weighted by molar-refractivity contribution is 0.232. The van der Waals surface area contributed by atoms with Gasteiger partial charge in [0.15, 0.2) is 0 Å². The lowest BCUT2D eigenvalue weighted by Crippen LogP contribution is -2.40. The molecule has 0 spiro atoms. The molecule has 7 atom stereocenters. The molecule has 0 saturated heterocycles. The van der Waals surface area contributed by atoms with E-state index in [0.29, 0.717) is 41.8 Å². The van der Waals surface area contributed by atoms with Crippen LogP contribution in [0.15, 0.2) is 163 Å². The number of nitrogens with zero attached hydrogens (tertiary/aromatic N) is 2. The van der Waals surface area contributed by atoms with Gasteiger partial charge in [-0.05, 0) is 108 Å². The van der Waals surface area contributed by atoms with Crippen LogP contribution in [0.3, 0.4) is 0 Å². The summed E-state index contributed by atoms with van der Waals surface area (Å²) in [5, 5.41) is 0. The molecule has 7 aliphatic rings. The molecule has 0 N–H and O–H groups in total. The van der Waals surface area contributed by atoms with E-state index in [9.17, 15) is 0 Å². The van der Waals surface area contributed by atoms with E-state index >= 15 is 0 Å². The molecule has 0 aromatic heterocycles. The van der Waals surface area contributed by atoms with Gasteiger partial charge in [0.05, 0.1) is 12.1 Å². The highest BCUT2D eigenvalue weighted by Gasteiger charge is 2.46. The highest BCUT2D eigenvalue weighted by atomic mass is 15.2. The molecule has 6 aliphatic carbocycles. The highest BCUT2D eigenvalue weighted by molar-refractivity contribution is 5.78. The average Bonchev–Trinajstić information content (AvgIpc) is 3.67. The van der Waals surface area contributed by atoms with Gasteiger partial charge in [0.2, 0.25) is 0 Å². The van der Waals surface area contributed by atoms with Gasteiger partial charge in [0, 0.05) is 35.0 Å². The van der Waals surface area contributed by atoms with E-state index in [1.165, 1.54) is 57.7 Å². The third-order valence-electron chi connectivity index (χ3n) is 13.8. The molecule has 2 nitrogen and oxygen atoms in total. The summed E-state index contributed by atoms with van der Waals surface area (Å²) in [6.07, 6.45) is 39.1. The first kappa shape index (κ1) is 32.8. The second kappa shape index (κ2) is 13.2. The van der Waals surface area contributed by atoms with Gasteiger partial charge in [0.25, 0.3) is 0 Å². The molecule has 3 aromatic carbocycles. The van der Waals surface area contributed by atoms with Crippen LogP contribution in [0.2, 0.25) is 0 Å². The first-order valence-corrected chi connectivity index (χ1v) is 20.4. The van der Waals surface area contributed by atoms with Gasteiger partial charge >= 0.3 is 0 Å². The Hall–Kier alpha value is -4.82. The van der Waals surface area contributed by atoms with Crippen molar-refractivity contribution in [3.63, 3.8) is 0 Å². The summed E-state index contributed by atoms with van der Waals surface area (Å²) >= 11 is 0. The SMILES string of the molecule is CC1(C)c2ccccc2C2=CCC(N(C3=CCC(c4ccc5c(c4)C4C=CC=CC4N5C4C=CC=CC4)C=C3)C3=CCC(c4ccccc4)CC3)CC21. The maximum Gasteiger partial charge on any atom is 0.0586 e. The van der Waals surface area contributed by atoms with Crippen LogP contribution in [-0.2, 0) is 5.41 Å². The maximum atomic E-state index is 2.80. The number of fused-ring (bicyclic) bond motifs is 6. The van der Waals surface area contributed by atoms with E-state index in [1.54, 1.807) is 5.57 Å². The van der Waals surface area contributed by atoms with Gasteiger partial charge in [-0.2, -0.15) is 0 Å². The van der Waals surface area contributed by atoms with Crippen LogP contribution >= 0.6 is 0 Å². The van der Waals surface area contributed by atoms with Crippen LogP contribution in [0, 0.1) is 5.92 Å². The van der Waals surface area contributed by atoms with Crippen molar-refractivity contribution in [2.75, 3.05) is 4.90 Å². The van der Waals surface area contributed by atoms with Gasteiger partial charge in [-0.25, -0.2) is 0 Å². The summed E-state index contributed by atoms with van der Waals surface area (Å²) in [5.41, 5.74) is 13.5. The molecule has 0 bridgehead atoms. The Labute approximate surface area is 317 Å². The highest BCUT2D eigenvalue weighted by Crippen LogP contribution is 2.55. The van der Waals surface area contributed by atoms with Crippen molar-refractivity contribution in [1.82, 2.24) is 4.90 Å². The monoisotopic (exact) mass is 692 g/mol. The number of benzene rings is 3. The molecule has 0 amide bonds. The van der Waals surface area contributed by atoms with Crippen molar-refractivity contribution in [3.05, 3.63) is 191 Å². The molecule has 53 heavy (non-hydrogen) atoms. The minimum Gasteiger partial charge on any atom is -0.357 e. The minimum atomic E-state index is 0.142. The summed E-state index contributed by atoms with van der Waals surface area (Å²) in [4.78, 5) is 5.47. The zero-order valence-electron chi connectivity index (χ0n) is 31.3. The zero-order valence-corrected chi connectivity index (χ0v) is 31.3. The van der Waals surface area contributed by atoms with E-state index < -0.39 is 0 Å². The molecule has 3 aromatic rings. The first-order chi connectivity index (χ1) is 26.0. The van der Waals surface area contributed by atoms with Gasteiger partial charge in [-0.3, -0.25) is 0 Å². The summed E-state index contributed by atoms with van der Waals surface area (Å²) in [5.74, 6) is 1.96. The topological polar surface area (TPSA) is 6.48 Å². The maximum absolute atomic E-state index is 2.80. The van der Waals surface area contributed by atoms with Gasteiger partial charge in [-0.15, -0.1) is 0 Å². The Balaban J connectivity index is 0.940. The summed E-state index contributed by atoms with van der Waals surface area (Å²) in [6.45, 7) is 4.97. The lowest BCUT2D eigenvalue weighted by Gasteiger charge is -2.44. The largest absolute Gasteiger partial charge is 0.357 e. The zero-order chi connectivity index (χ0) is 35.5. The predicted molar refractivity (Wildman–Crippen MR) is 222 cm³/mol. The Morgan fingerprint density at radius 3 is 2.40 bits per heavy atom. The molecule has 2 heteroatoms. The van der Waals surface area contributed by atoms with Crippen molar-refractivity contribution in [3.8, 4) is 0 Å². The number of anilines is 1. The summed E-state index contributed by atoms with van der Waals surface area (Å²) in [7, 11) is 0. The third kappa shape index (κ3) is 5.60. The third-order valence-corrected chi connectivity index (χ3v) is 13.8.